The maximum Gasteiger partial charge on any atom is 0.226 e. The Morgan fingerprint density at radius 3 is 2.00 bits per heavy atom. The van der Waals surface area contributed by atoms with Gasteiger partial charge in [0, 0.05) is 19.2 Å². The second kappa shape index (κ2) is 6.03. The molecule has 0 aliphatic heterocycles. The van der Waals surface area contributed by atoms with Crippen LogP contribution >= 0.6 is 11.6 Å². The van der Waals surface area contributed by atoms with Crippen LogP contribution in [0.3, 0.4) is 0 Å². The molecule has 0 radical (unpaired) electrons. The average Bonchev–Trinajstić information content (AvgIpc) is 2.23. The van der Waals surface area contributed by atoms with Crippen molar-refractivity contribution in [1.82, 2.24) is 9.97 Å². The third kappa shape index (κ3) is 3.99. The van der Waals surface area contributed by atoms with E-state index in [0.29, 0.717) is 24.7 Å². The maximum atomic E-state index is 5.75. The highest BCUT2D eigenvalue weighted by molar-refractivity contribution is 6.28. The van der Waals surface area contributed by atoms with Crippen molar-refractivity contribution in [2.75, 3.05) is 23.7 Å². The summed E-state index contributed by atoms with van der Waals surface area (Å²) < 4.78 is 0. The number of aromatic nitrogens is 2. The van der Waals surface area contributed by atoms with Gasteiger partial charge in [0.2, 0.25) is 5.28 Å². The molecule has 80 valence electrons. The Morgan fingerprint density at radius 2 is 1.60 bits per heavy atom. The molecule has 0 bridgehead atoms. The highest BCUT2D eigenvalue weighted by atomic mass is 35.5. The Kier molecular flexibility index (Phi) is 4.63. The maximum absolute atomic E-state index is 5.75. The quantitative estimate of drug-likeness (QED) is 0.575. The molecule has 1 heterocycles. The van der Waals surface area contributed by atoms with Crippen LogP contribution in [0.25, 0.3) is 0 Å². The summed E-state index contributed by atoms with van der Waals surface area (Å²) in [6.07, 6.45) is 3.49. The van der Waals surface area contributed by atoms with Crippen LogP contribution in [0.15, 0.2) is 31.4 Å². The van der Waals surface area contributed by atoms with E-state index in [1.54, 1.807) is 18.2 Å². The van der Waals surface area contributed by atoms with Crippen molar-refractivity contribution in [3.63, 3.8) is 0 Å². The molecule has 2 N–H and O–H groups in total. The first-order valence-corrected chi connectivity index (χ1v) is 4.88. The number of anilines is 2. The van der Waals surface area contributed by atoms with Crippen LogP contribution < -0.4 is 10.6 Å². The van der Waals surface area contributed by atoms with E-state index in [1.807, 2.05) is 0 Å². The predicted molar refractivity (Wildman–Crippen MR) is 64.4 cm³/mol. The first-order valence-electron chi connectivity index (χ1n) is 4.50. The van der Waals surface area contributed by atoms with Crippen LogP contribution in [0.5, 0.6) is 0 Å². The van der Waals surface area contributed by atoms with Gasteiger partial charge in [-0.2, -0.15) is 0 Å². The summed E-state index contributed by atoms with van der Waals surface area (Å²) in [5, 5.41) is 6.27. The van der Waals surface area contributed by atoms with Crippen molar-refractivity contribution in [2.45, 2.75) is 0 Å². The van der Waals surface area contributed by atoms with Crippen molar-refractivity contribution < 1.29 is 0 Å². The monoisotopic (exact) mass is 224 g/mol. The zero-order chi connectivity index (χ0) is 11.1. The highest BCUT2D eigenvalue weighted by Gasteiger charge is 2.00. The Labute approximate surface area is 94.1 Å². The van der Waals surface area contributed by atoms with Crippen molar-refractivity contribution >= 4 is 23.2 Å². The molecule has 1 rings (SSSR count). The molecular formula is C10H13ClN4. The summed E-state index contributed by atoms with van der Waals surface area (Å²) in [5.41, 5.74) is 0. The number of hydrogen-bond acceptors (Lipinski definition) is 4. The third-order valence-corrected chi connectivity index (χ3v) is 1.72. The van der Waals surface area contributed by atoms with E-state index in [4.69, 9.17) is 11.6 Å². The summed E-state index contributed by atoms with van der Waals surface area (Å²) in [7, 11) is 0. The fourth-order valence-electron chi connectivity index (χ4n) is 0.952. The predicted octanol–water partition coefficient (Wildman–Crippen LogP) is 2.33. The molecule has 0 saturated heterocycles. The molecule has 15 heavy (non-hydrogen) atoms. The van der Waals surface area contributed by atoms with Crippen LogP contribution in [-0.4, -0.2) is 23.1 Å². The van der Waals surface area contributed by atoms with Gasteiger partial charge in [-0.15, -0.1) is 13.2 Å². The van der Waals surface area contributed by atoms with Gasteiger partial charge in [-0.05, 0) is 11.6 Å². The molecule has 0 saturated carbocycles. The largest absolute Gasteiger partial charge is 0.366 e. The van der Waals surface area contributed by atoms with E-state index in [2.05, 4.69) is 33.8 Å². The van der Waals surface area contributed by atoms with Crippen LogP contribution in [0.2, 0.25) is 5.28 Å². The van der Waals surface area contributed by atoms with Crippen LogP contribution in [0.1, 0.15) is 0 Å². The van der Waals surface area contributed by atoms with Gasteiger partial charge in [0.25, 0.3) is 0 Å². The minimum absolute atomic E-state index is 0.204. The fraction of sp³-hybridized carbons (Fsp3) is 0.200. The van der Waals surface area contributed by atoms with E-state index in [-0.39, 0.29) is 5.28 Å². The summed E-state index contributed by atoms with van der Waals surface area (Å²) in [4.78, 5) is 8.02. The van der Waals surface area contributed by atoms with Gasteiger partial charge in [-0.1, -0.05) is 12.2 Å². The first-order chi connectivity index (χ1) is 7.26. The molecule has 0 aliphatic rings. The molecule has 1 aromatic rings. The Balaban J connectivity index is 2.74. The molecule has 0 aromatic carbocycles. The standard InChI is InChI=1S/C10H13ClN4/c1-3-5-12-8-7-9(13-6-4-2)15-10(11)14-8/h3-4,7H,1-2,5-6H2,(H2,12,13,14,15). The lowest BCUT2D eigenvalue weighted by Crippen LogP contribution is -2.05. The average molecular weight is 225 g/mol. The summed E-state index contributed by atoms with van der Waals surface area (Å²) in [5.74, 6) is 1.34. The SMILES string of the molecule is C=CCNc1cc(NCC=C)nc(Cl)n1. The van der Waals surface area contributed by atoms with Gasteiger partial charge >= 0.3 is 0 Å². The number of rotatable bonds is 6. The van der Waals surface area contributed by atoms with Crippen LogP contribution in [0, 0.1) is 0 Å². The Hall–Kier alpha value is -1.55. The van der Waals surface area contributed by atoms with E-state index >= 15 is 0 Å². The number of halogens is 1. The molecule has 4 nitrogen and oxygen atoms in total. The number of nitrogens with one attached hydrogen (secondary N) is 2. The molecule has 0 atom stereocenters. The molecule has 1 aromatic heterocycles. The van der Waals surface area contributed by atoms with Crippen molar-refractivity contribution in [1.29, 1.82) is 0 Å². The Morgan fingerprint density at radius 1 is 1.13 bits per heavy atom. The second-order valence-electron chi connectivity index (χ2n) is 2.75. The van der Waals surface area contributed by atoms with Crippen molar-refractivity contribution in [3.8, 4) is 0 Å². The summed E-state index contributed by atoms with van der Waals surface area (Å²) in [6.45, 7) is 8.47. The van der Waals surface area contributed by atoms with Gasteiger partial charge in [0.1, 0.15) is 11.6 Å². The molecular weight excluding hydrogens is 212 g/mol. The fourth-order valence-corrected chi connectivity index (χ4v) is 1.13. The minimum atomic E-state index is 0.204. The van der Waals surface area contributed by atoms with E-state index < -0.39 is 0 Å². The molecule has 0 aliphatic carbocycles. The van der Waals surface area contributed by atoms with Crippen molar-refractivity contribution in [2.24, 2.45) is 0 Å². The van der Waals surface area contributed by atoms with E-state index in [1.165, 1.54) is 0 Å². The lowest BCUT2D eigenvalue weighted by Gasteiger charge is -2.06. The number of hydrogen-bond donors (Lipinski definition) is 2. The van der Waals surface area contributed by atoms with E-state index in [0.717, 1.165) is 0 Å². The van der Waals surface area contributed by atoms with Crippen LogP contribution in [0.4, 0.5) is 11.6 Å². The molecule has 0 fully saturated rings. The van der Waals surface area contributed by atoms with Gasteiger partial charge < -0.3 is 10.6 Å². The minimum Gasteiger partial charge on any atom is -0.366 e. The Bertz CT molecular complexity index is 321. The first kappa shape index (κ1) is 11.5. The summed E-state index contributed by atoms with van der Waals surface area (Å²) >= 11 is 5.75. The van der Waals surface area contributed by atoms with Gasteiger partial charge in [-0.25, -0.2) is 9.97 Å². The normalized spacial score (nSPS) is 9.40. The zero-order valence-corrected chi connectivity index (χ0v) is 9.09. The molecule has 5 heteroatoms. The van der Waals surface area contributed by atoms with Crippen LogP contribution in [-0.2, 0) is 0 Å². The lowest BCUT2D eigenvalue weighted by molar-refractivity contribution is 1.12. The van der Waals surface area contributed by atoms with Crippen molar-refractivity contribution in [3.05, 3.63) is 36.7 Å². The highest BCUT2D eigenvalue weighted by Crippen LogP contribution is 2.13. The molecule has 0 amide bonds. The van der Waals surface area contributed by atoms with Gasteiger partial charge in [0.05, 0.1) is 0 Å². The van der Waals surface area contributed by atoms with Gasteiger partial charge in [0.15, 0.2) is 0 Å². The molecule has 0 unspecified atom stereocenters. The molecule has 0 spiro atoms. The summed E-state index contributed by atoms with van der Waals surface area (Å²) in [6, 6.07) is 1.78. The van der Waals surface area contributed by atoms with Gasteiger partial charge in [-0.3, -0.25) is 0 Å². The zero-order valence-electron chi connectivity index (χ0n) is 8.33. The van der Waals surface area contributed by atoms with E-state index in [9.17, 15) is 0 Å². The topological polar surface area (TPSA) is 49.8 Å². The lowest BCUT2D eigenvalue weighted by atomic mass is 10.5. The number of nitrogens with zero attached hydrogens (tertiary/aromatic N) is 2. The smallest absolute Gasteiger partial charge is 0.226 e. The second-order valence-corrected chi connectivity index (χ2v) is 3.08. The third-order valence-electron chi connectivity index (χ3n) is 1.55.